The molecule has 0 heterocycles. The molecular formula is C9H10N2O3. The molecule has 0 atom stereocenters. The Bertz CT molecular complexity index is 374. The summed E-state index contributed by atoms with van der Waals surface area (Å²) in [6.07, 6.45) is 1.18. The van der Waals surface area contributed by atoms with Crippen LogP contribution in [0.1, 0.15) is 15.9 Å². The van der Waals surface area contributed by atoms with Crippen LogP contribution in [0.5, 0.6) is 0 Å². The summed E-state index contributed by atoms with van der Waals surface area (Å²) in [6.45, 7) is 0. The average molecular weight is 194 g/mol. The van der Waals surface area contributed by atoms with Gasteiger partial charge in [-0.05, 0) is 23.8 Å². The molecule has 0 saturated carbocycles. The first-order valence-corrected chi connectivity index (χ1v) is 3.83. The number of carbonyl (C=O) groups excluding carboxylic acids is 1. The van der Waals surface area contributed by atoms with Gasteiger partial charge in [-0.3, -0.25) is 0 Å². The molecule has 3 N–H and O–H groups in total. The van der Waals surface area contributed by atoms with Crippen LogP contribution in [-0.4, -0.2) is 24.5 Å². The van der Waals surface area contributed by atoms with E-state index in [-0.39, 0.29) is 0 Å². The van der Waals surface area contributed by atoms with Crippen LogP contribution < -0.4 is 5.73 Å². The quantitative estimate of drug-likeness (QED) is 0.240. The second-order valence-corrected chi connectivity index (χ2v) is 2.62. The van der Waals surface area contributed by atoms with Gasteiger partial charge in [-0.25, -0.2) is 4.79 Å². The van der Waals surface area contributed by atoms with Crippen molar-refractivity contribution < 1.29 is 14.7 Å². The number of oxime groups is 1. The second kappa shape index (κ2) is 4.27. The van der Waals surface area contributed by atoms with Crippen molar-refractivity contribution >= 4 is 17.9 Å². The lowest BCUT2D eigenvalue weighted by molar-refractivity contribution is 0.0601. The molecule has 0 saturated heterocycles. The van der Waals surface area contributed by atoms with Gasteiger partial charge in [0.05, 0.1) is 18.9 Å². The van der Waals surface area contributed by atoms with E-state index in [1.54, 1.807) is 6.07 Å². The van der Waals surface area contributed by atoms with Gasteiger partial charge in [0.2, 0.25) is 0 Å². The zero-order valence-corrected chi connectivity index (χ0v) is 7.60. The molecule has 0 aromatic heterocycles. The van der Waals surface area contributed by atoms with Crippen LogP contribution in [0.2, 0.25) is 0 Å². The summed E-state index contributed by atoms with van der Waals surface area (Å²) in [5.74, 6) is -0.482. The van der Waals surface area contributed by atoms with Crippen LogP contribution in [0.15, 0.2) is 23.4 Å². The fourth-order valence-electron chi connectivity index (χ4n) is 1.05. The summed E-state index contributed by atoms with van der Waals surface area (Å²) in [6, 6.07) is 4.58. The molecule has 0 bridgehead atoms. The highest BCUT2D eigenvalue weighted by Gasteiger charge is 2.06. The molecule has 0 aliphatic rings. The molecule has 0 aliphatic carbocycles. The van der Waals surface area contributed by atoms with Crippen molar-refractivity contribution in [2.45, 2.75) is 0 Å². The molecule has 1 aromatic rings. The number of hydrogen-bond donors (Lipinski definition) is 2. The van der Waals surface area contributed by atoms with Gasteiger partial charge in [-0.15, -0.1) is 0 Å². The minimum Gasteiger partial charge on any atom is -0.465 e. The van der Waals surface area contributed by atoms with Crippen molar-refractivity contribution in [1.29, 1.82) is 0 Å². The van der Waals surface area contributed by atoms with E-state index in [0.29, 0.717) is 16.8 Å². The Balaban J connectivity index is 3.13. The maximum absolute atomic E-state index is 11.1. The first-order chi connectivity index (χ1) is 6.67. The summed E-state index contributed by atoms with van der Waals surface area (Å²) in [5.41, 5.74) is 6.79. The molecule has 74 valence electrons. The summed E-state index contributed by atoms with van der Waals surface area (Å²) in [5, 5.41) is 11.2. The number of anilines is 1. The van der Waals surface area contributed by atoms with Crippen LogP contribution in [0, 0.1) is 0 Å². The number of esters is 1. The Morgan fingerprint density at radius 3 is 2.86 bits per heavy atom. The van der Waals surface area contributed by atoms with Crippen molar-refractivity contribution in [3.8, 4) is 0 Å². The lowest BCUT2D eigenvalue weighted by Gasteiger charge is -2.02. The van der Waals surface area contributed by atoms with Gasteiger partial charge in [-0.2, -0.15) is 0 Å². The van der Waals surface area contributed by atoms with Gasteiger partial charge in [0.25, 0.3) is 0 Å². The van der Waals surface area contributed by atoms with E-state index in [0.717, 1.165) is 0 Å². The Morgan fingerprint density at radius 2 is 2.29 bits per heavy atom. The van der Waals surface area contributed by atoms with Crippen LogP contribution in [0.3, 0.4) is 0 Å². The Morgan fingerprint density at radius 1 is 1.57 bits per heavy atom. The third kappa shape index (κ3) is 2.22. The fraction of sp³-hybridized carbons (Fsp3) is 0.111. The molecule has 0 fully saturated rings. The van der Waals surface area contributed by atoms with E-state index in [1.165, 1.54) is 25.5 Å². The molecule has 0 unspecified atom stereocenters. The van der Waals surface area contributed by atoms with Gasteiger partial charge in [-0.1, -0.05) is 5.16 Å². The molecule has 0 radical (unpaired) electrons. The molecule has 14 heavy (non-hydrogen) atoms. The molecule has 5 heteroatoms. The van der Waals surface area contributed by atoms with Gasteiger partial charge >= 0.3 is 5.97 Å². The van der Waals surface area contributed by atoms with Gasteiger partial charge < -0.3 is 15.7 Å². The lowest BCUT2D eigenvalue weighted by Crippen LogP contribution is -2.03. The predicted molar refractivity (Wildman–Crippen MR) is 51.6 cm³/mol. The van der Waals surface area contributed by atoms with Crippen LogP contribution in [0.25, 0.3) is 0 Å². The van der Waals surface area contributed by atoms with Crippen LogP contribution in [-0.2, 0) is 4.74 Å². The number of nitrogens with two attached hydrogens (primary N) is 1. The topological polar surface area (TPSA) is 84.9 Å². The molecule has 0 amide bonds. The molecule has 1 rings (SSSR count). The number of methoxy groups -OCH3 is 1. The maximum Gasteiger partial charge on any atom is 0.337 e. The molecule has 0 spiro atoms. The van der Waals surface area contributed by atoms with Crippen molar-refractivity contribution in [3.63, 3.8) is 0 Å². The van der Waals surface area contributed by atoms with Crippen molar-refractivity contribution in [3.05, 3.63) is 29.3 Å². The SMILES string of the molecule is COC(=O)c1cc(N)cc(/C=N/O)c1. The number of hydrogen-bond acceptors (Lipinski definition) is 5. The highest BCUT2D eigenvalue weighted by molar-refractivity contribution is 5.93. The Kier molecular flexibility index (Phi) is 3.06. The van der Waals surface area contributed by atoms with E-state index < -0.39 is 5.97 Å². The number of ether oxygens (including phenoxy) is 1. The molecule has 5 nitrogen and oxygen atoms in total. The first-order valence-electron chi connectivity index (χ1n) is 3.83. The summed E-state index contributed by atoms with van der Waals surface area (Å²) >= 11 is 0. The number of nitrogen functional groups attached to an aromatic ring is 1. The minimum atomic E-state index is -0.482. The van der Waals surface area contributed by atoms with E-state index in [4.69, 9.17) is 10.9 Å². The summed E-state index contributed by atoms with van der Waals surface area (Å²) in [7, 11) is 1.28. The van der Waals surface area contributed by atoms with Gasteiger partial charge in [0.1, 0.15) is 0 Å². The minimum absolute atomic E-state index is 0.322. The highest BCUT2D eigenvalue weighted by Crippen LogP contribution is 2.11. The van der Waals surface area contributed by atoms with Gasteiger partial charge in [0, 0.05) is 5.69 Å². The Hall–Kier alpha value is -2.04. The van der Waals surface area contributed by atoms with Crippen LogP contribution in [0.4, 0.5) is 5.69 Å². The third-order valence-electron chi connectivity index (χ3n) is 1.61. The standard InChI is InChI=1S/C9H10N2O3/c1-14-9(12)7-2-6(5-11-13)3-8(10)4-7/h2-5,13H,10H2,1H3/b11-5+. The van der Waals surface area contributed by atoms with E-state index in [9.17, 15) is 4.79 Å². The monoisotopic (exact) mass is 194 g/mol. The number of carbonyl (C=O) groups is 1. The predicted octanol–water partition coefficient (Wildman–Crippen LogP) is 0.864. The summed E-state index contributed by atoms with van der Waals surface area (Å²) in [4.78, 5) is 11.1. The lowest BCUT2D eigenvalue weighted by atomic mass is 10.1. The molecular weight excluding hydrogens is 184 g/mol. The zero-order chi connectivity index (χ0) is 10.6. The van der Waals surface area contributed by atoms with Gasteiger partial charge in [0.15, 0.2) is 0 Å². The second-order valence-electron chi connectivity index (χ2n) is 2.62. The zero-order valence-electron chi connectivity index (χ0n) is 7.60. The van der Waals surface area contributed by atoms with E-state index in [1.807, 2.05) is 0 Å². The maximum atomic E-state index is 11.1. The van der Waals surface area contributed by atoms with Crippen LogP contribution >= 0.6 is 0 Å². The number of rotatable bonds is 2. The largest absolute Gasteiger partial charge is 0.465 e. The van der Waals surface area contributed by atoms with E-state index >= 15 is 0 Å². The molecule has 1 aromatic carbocycles. The number of benzene rings is 1. The fourth-order valence-corrected chi connectivity index (χ4v) is 1.05. The normalized spacial score (nSPS) is 10.4. The average Bonchev–Trinajstić information content (AvgIpc) is 2.16. The van der Waals surface area contributed by atoms with Crippen molar-refractivity contribution in [2.24, 2.45) is 5.16 Å². The third-order valence-corrected chi connectivity index (χ3v) is 1.61. The Labute approximate surface area is 80.8 Å². The smallest absolute Gasteiger partial charge is 0.337 e. The van der Waals surface area contributed by atoms with Crippen molar-refractivity contribution in [1.82, 2.24) is 0 Å². The first kappa shape index (κ1) is 10.0. The van der Waals surface area contributed by atoms with E-state index in [2.05, 4.69) is 9.89 Å². The molecule has 0 aliphatic heterocycles. The number of nitrogens with zero attached hydrogens (tertiary/aromatic N) is 1. The van der Waals surface area contributed by atoms with Crippen molar-refractivity contribution in [2.75, 3.05) is 12.8 Å². The summed E-state index contributed by atoms with van der Waals surface area (Å²) < 4.78 is 4.52. The highest BCUT2D eigenvalue weighted by atomic mass is 16.5.